The normalized spacial score (nSPS) is 10.6. The van der Waals surface area contributed by atoms with Crippen molar-refractivity contribution in [1.82, 2.24) is 0 Å². The van der Waals surface area contributed by atoms with Gasteiger partial charge in [-0.25, -0.2) is 0 Å². The van der Waals surface area contributed by atoms with Gasteiger partial charge in [-0.15, -0.1) is 0 Å². The lowest BCUT2D eigenvalue weighted by Crippen LogP contribution is -1.83. The van der Waals surface area contributed by atoms with Crippen molar-refractivity contribution in [2.75, 3.05) is 7.05 Å². The summed E-state index contributed by atoms with van der Waals surface area (Å²) < 4.78 is 0. The highest BCUT2D eigenvalue weighted by atomic mass is 16.3. The molecular formula is C9H11NO. The molecular weight excluding hydrogens is 138 g/mol. The van der Waals surface area contributed by atoms with Gasteiger partial charge in [0.15, 0.2) is 0 Å². The Balaban J connectivity index is 2.66. The number of nitrogens with zero attached hydrogens (tertiary/aromatic N) is 1. The smallest absolute Gasteiger partial charge is 0.115 e. The highest BCUT2D eigenvalue weighted by Crippen LogP contribution is 2.08. The third-order valence-electron chi connectivity index (χ3n) is 1.45. The predicted molar refractivity (Wildman–Crippen MR) is 46.2 cm³/mol. The fourth-order valence-electron chi connectivity index (χ4n) is 0.829. The molecule has 2 nitrogen and oxygen atoms in total. The van der Waals surface area contributed by atoms with Crippen LogP contribution in [0.25, 0.3) is 0 Å². The van der Waals surface area contributed by atoms with Crippen molar-refractivity contribution in [3.8, 4) is 5.75 Å². The first-order valence-corrected chi connectivity index (χ1v) is 3.51. The molecule has 1 aromatic rings. The Morgan fingerprint density at radius 1 is 1.36 bits per heavy atom. The molecule has 0 aliphatic heterocycles. The summed E-state index contributed by atoms with van der Waals surface area (Å²) in [5.41, 5.74) is 1.16. The molecule has 0 spiro atoms. The van der Waals surface area contributed by atoms with Crippen molar-refractivity contribution in [1.29, 1.82) is 0 Å². The summed E-state index contributed by atoms with van der Waals surface area (Å²) in [4.78, 5) is 3.87. The van der Waals surface area contributed by atoms with E-state index in [1.165, 1.54) is 0 Å². The van der Waals surface area contributed by atoms with Crippen LogP contribution in [0.5, 0.6) is 5.75 Å². The summed E-state index contributed by atoms with van der Waals surface area (Å²) in [5.74, 6) is 0.308. The number of phenolic OH excluding ortho intramolecular Hbond substituents is 1. The van der Waals surface area contributed by atoms with Crippen LogP contribution < -0.4 is 0 Å². The van der Waals surface area contributed by atoms with Crippen molar-refractivity contribution < 1.29 is 5.11 Å². The van der Waals surface area contributed by atoms with Crippen molar-refractivity contribution in [3.63, 3.8) is 0 Å². The fourth-order valence-corrected chi connectivity index (χ4v) is 0.829. The Labute approximate surface area is 66.2 Å². The van der Waals surface area contributed by atoms with Gasteiger partial charge in [-0.1, -0.05) is 12.1 Å². The number of phenols is 1. The van der Waals surface area contributed by atoms with Gasteiger partial charge in [-0.3, -0.25) is 0 Å². The SMILES string of the molecule is CN=CCc1ccc(O)cc1. The summed E-state index contributed by atoms with van der Waals surface area (Å²) >= 11 is 0. The number of aliphatic imine (C=N–C) groups is 1. The Morgan fingerprint density at radius 2 is 2.00 bits per heavy atom. The van der Waals surface area contributed by atoms with Crippen molar-refractivity contribution in [2.24, 2.45) is 4.99 Å². The van der Waals surface area contributed by atoms with Gasteiger partial charge in [0.1, 0.15) is 5.75 Å². The number of rotatable bonds is 2. The van der Waals surface area contributed by atoms with Crippen LogP contribution in [0.3, 0.4) is 0 Å². The summed E-state index contributed by atoms with van der Waals surface area (Å²) in [6.45, 7) is 0. The van der Waals surface area contributed by atoms with E-state index in [0.717, 1.165) is 12.0 Å². The molecule has 1 rings (SSSR count). The molecule has 2 heteroatoms. The minimum atomic E-state index is 0.308. The van der Waals surface area contributed by atoms with Gasteiger partial charge >= 0.3 is 0 Å². The Kier molecular flexibility index (Phi) is 2.66. The summed E-state index contributed by atoms with van der Waals surface area (Å²) in [7, 11) is 1.75. The minimum absolute atomic E-state index is 0.308. The van der Waals surface area contributed by atoms with E-state index < -0.39 is 0 Å². The molecule has 1 aromatic carbocycles. The Bertz CT molecular complexity index is 238. The first-order chi connectivity index (χ1) is 5.33. The van der Waals surface area contributed by atoms with Crippen LogP contribution in [-0.4, -0.2) is 18.4 Å². The van der Waals surface area contributed by atoms with Crippen LogP contribution in [0.1, 0.15) is 5.56 Å². The largest absolute Gasteiger partial charge is 0.508 e. The van der Waals surface area contributed by atoms with Crippen molar-refractivity contribution >= 4 is 6.21 Å². The molecule has 0 fully saturated rings. The maximum absolute atomic E-state index is 8.95. The van der Waals surface area contributed by atoms with Gasteiger partial charge in [0.25, 0.3) is 0 Å². The minimum Gasteiger partial charge on any atom is -0.508 e. The van der Waals surface area contributed by atoms with Gasteiger partial charge in [0, 0.05) is 19.7 Å². The maximum Gasteiger partial charge on any atom is 0.115 e. The average Bonchev–Trinajstić information content (AvgIpc) is 2.04. The van der Waals surface area contributed by atoms with Crippen LogP contribution in [-0.2, 0) is 6.42 Å². The van der Waals surface area contributed by atoms with Gasteiger partial charge < -0.3 is 10.1 Å². The van der Waals surface area contributed by atoms with Crippen LogP contribution in [0.15, 0.2) is 29.3 Å². The topological polar surface area (TPSA) is 32.6 Å². The lowest BCUT2D eigenvalue weighted by molar-refractivity contribution is 0.475. The molecule has 0 heterocycles. The molecule has 0 aliphatic carbocycles. The highest BCUT2D eigenvalue weighted by molar-refractivity contribution is 5.61. The quantitative estimate of drug-likeness (QED) is 0.637. The van der Waals surface area contributed by atoms with Crippen LogP contribution >= 0.6 is 0 Å². The molecule has 0 bridgehead atoms. The maximum atomic E-state index is 8.95. The zero-order valence-electron chi connectivity index (χ0n) is 6.49. The first kappa shape index (κ1) is 7.79. The zero-order valence-corrected chi connectivity index (χ0v) is 6.49. The molecule has 11 heavy (non-hydrogen) atoms. The number of benzene rings is 1. The van der Waals surface area contributed by atoms with Gasteiger partial charge in [-0.05, 0) is 17.7 Å². The average molecular weight is 149 g/mol. The van der Waals surface area contributed by atoms with E-state index in [0.29, 0.717) is 5.75 Å². The van der Waals surface area contributed by atoms with E-state index in [1.807, 2.05) is 18.3 Å². The molecule has 0 aliphatic rings. The van der Waals surface area contributed by atoms with Crippen LogP contribution in [0, 0.1) is 0 Å². The summed E-state index contributed by atoms with van der Waals surface area (Å²) in [6.07, 6.45) is 2.67. The van der Waals surface area contributed by atoms with E-state index in [1.54, 1.807) is 19.2 Å². The second kappa shape index (κ2) is 3.76. The number of hydrogen-bond donors (Lipinski definition) is 1. The van der Waals surface area contributed by atoms with Gasteiger partial charge in [-0.2, -0.15) is 0 Å². The van der Waals surface area contributed by atoms with E-state index >= 15 is 0 Å². The third-order valence-corrected chi connectivity index (χ3v) is 1.45. The second-order valence-electron chi connectivity index (χ2n) is 2.31. The van der Waals surface area contributed by atoms with Gasteiger partial charge in [0.05, 0.1) is 0 Å². The summed E-state index contributed by atoms with van der Waals surface area (Å²) in [5, 5.41) is 8.95. The van der Waals surface area contributed by atoms with Crippen LogP contribution in [0.4, 0.5) is 0 Å². The molecule has 58 valence electrons. The number of aromatic hydroxyl groups is 1. The third kappa shape index (κ3) is 2.42. The molecule has 0 saturated heterocycles. The number of hydrogen-bond acceptors (Lipinski definition) is 2. The van der Waals surface area contributed by atoms with E-state index in [4.69, 9.17) is 5.11 Å². The highest BCUT2D eigenvalue weighted by Gasteiger charge is 1.89. The monoisotopic (exact) mass is 149 g/mol. The zero-order chi connectivity index (χ0) is 8.10. The lowest BCUT2D eigenvalue weighted by atomic mass is 10.2. The molecule has 0 unspecified atom stereocenters. The molecule has 0 amide bonds. The molecule has 1 N–H and O–H groups in total. The standard InChI is InChI=1S/C9H11NO/c1-10-7-6-8-2-4-9(11)5-3-8/h2-5,7,11H,6H2,1H3. The fraction of sp³-hybridized carbons (Fsp3) is 0.222. The lowest BCUT2D eigenvalue weighted by Gasteiger charge is -1.94. The Hall–Kier alpha value is -1.31. The molecule has 0 aromatic heterocycles. The summed E-state index contributed by atoms with van der Waals surface area (Å²) in [6, 6.07) is 7.13. The Morgan fingerprint density at radius 3 is 2.55 bits per heavy atom. The second-order valence-corrected chi connectivity index (χ2v) is 2.31. The molecule has 0 saturated carbocycles. The van der Waals surface area contributed by atoms with Crippen molar-refractivity contribution in [2.45, 2.75) is 6.42 Å². The molecule has 0 radical (unpaired) electrons. The van der Waals surface area contributed by atoms with Crippen LogP contribution in [0.2, 0.25) is 0 Å². The van der Waals surface area contributed by atoms with Gasteiger partial charge in [0.2, 0.25) is 0 Å². The van der Waals surface area contributed by atoms with E-state index in [9.17, 15) is 0 Å². The van der Waals surface area contributed by atoms with Crippen molar-refractivity contribution in [3.05, 3.63) is 29.8 Å². The first-order valence-electron chi connectivity index (χ1n) is 3.51. The van der Waals surface area contributed by atoms with E-state index in [-0.39, 0.29) is 0 Å². The molecule has 0 atom stereocenters. The predicted octanol–water partition coefficient (Wildman–Crippen LogP) is 1.64. The van der Waals surface area contributed by atoms with E-state index in [2.05, 4.69) is 4.99 Å².